The lowest BCUT2D eigenvalue weighted by Gasteiger charge is -2.13. The summed E-state index contributed by atoms with van der Waals surface area (Å²) in [5.74, 6) is 2.52. The van der Waals surface area contributed by atoms with Crippen LogP contribution in [-0.4, -0.2) is 34.9 Å². The van der Waals surface area contributed by atoms with Crippen molar-refractivity contribution < 1.29 is 13.3 Å². The summed E-state index contributed by atoms with van der Waals surface area (Å²) in [6.45, 7) is 0. The van der Waals surface area contributed by atoms with Crippen LogP contribution in [0.4, 0.5) is 0 Å². The van der Waals surface area contributed by atoms with E-state index in [0.717, 1.165) is 201 Å². The molecule has 0 N–H and O–H groups in total. The van der Waals surface area contributed by atoms with E-state index in [0.29, 0.717) is 0 Å². The summed E-state index contributed by atoms with van der Waals surface area (Å²) in [4.78, 5) is 33.1. The number of nitrogens with zero attached hydrogens (tertiary/aromatic N) is 7. The Morgan fingerprint density at radius 2 is 0.450 bits per heavy atom. The third-order valence-electron chi connectivity index (χ3n) is 20.6. The first-order chi connectivity index (χ1) is 55.0. The highest BCUT2D eigenvalue weighted by molar-refractivity contribution is 6.13. The topological polar surface area (TPSA) is 130 Å². The van der Waals surface area contributed by atoms with E-state index in [9.17, 15) is 0 Å². The van der Waals surface area contributed by atoms with E-state index in [1.807, 2.05) is 146 Å². The van der Waals surface area contributed by atoms with Gasteiger partial charge in [0.15, 0.2) is 0 Å². The highest BCUT2D eigenvalue weighted by Gasteiger charge is 2.27. The molecule has 0 saturated carbocycles. The van der Waals surface area contributed by atoms with Gasteiger partial charge in [0, 0.05) is 96.0 Å². The van der Waals surface area contributed by atoms with Crippen LogP contribution in [0, 0.1) is 0 Å². The highest BCUT2D eigenvalue weighted by atomic mass is 16.3. The molecule has 12 aromatic carbocycles. The molecule has 0 spiro atoms. The number of hydrogen-bond acceptors (Lipinski definition) is 10. The Labute approximate surface area is 638 Å². The van der Waals surface area contributed by atoms with Gasteiger partial charge in [-0.2, -0.15) is 0 Å². The van der Waals surface area contributed by atoms with Crippen molar-refractivity contribution in [3.8, 4) is 146 Å². The molecule has 0 amide bonds. The van der Waals surface area contributed by atoms with E-state index in [1.54, 1.807) is 12.4 Å². The highest BCUT2D eigenvalue weighted by Crippen LogP contribution is 2.48. The number of para-hydroxylation sites is 6. The lowest BCUT2D eigenvalue weighted by atomic mass is 9.96. The van der Waals surface area contributed by atoms with Crippen LogP contribution in [0.3, 0.4) is 0 Å². The molecule has 10 nitrogen and oxygen atoms in total. The number of fused-ring (bicyclic) bond motifs is 15. The molecule has 10 heterocycles. The molecule has 6 aliphatic rings. The van der Waals surface area contributed by atoms with Crippen LogP contribution in [0.25, 0.3) is 212 Å². The van der Waals surface area contributed by atoms with Crippen LogP contribution in [-0.2, 0) is 0 Å². The minimum Gasteiger partial charge on any atom is -0.455 e. The van der Waals surface area contributed by atoms with Gasteiger partial charge in [-0.05, 0) is 143 Å². The predicted molar refractivity (Wildman–Crippen MR) is 450 cm³/mol. The normalized spacial score (nSPS) is 11.4. The van der Waals surface area contributed by atoms with Crippen LogP contribution in [0.1, 0.15) is 0 Å². The molecule has 10 heteroatoms. The van der Waals surface area contributed by atoms with Gasteiger partial charge < -0.3 is 13.3 Å². The number of benzene rings is 12. The summed E-state index contributed by atoms with van der Waals surface area (Å²) < 4.78 is 19.6. The van der Waals surface area contributed by atoms with Crippen molar-refractivity contribution >= 4 is 65.6 Å². The van der Waals surface area contributed by atoms with E-state index < -0.39 is 0 Å². The zero-order valence-corrected chi connectivity index (χ0v) is 59.7. The third kappa shape index (κ3) is 12.4. The average molecular weight is 1420 g/mol. The fraction of sp³-hybridized carbons (Fsp3) is 0. The van der Waals surface area contributed by atoms with Crippen LogP contribution in [0.5, 0.6) is 0 Å². The quantitative estimate of drug-likeness (QED) is 0.130. The van der Waals surface area contributed by atoms with Crippen LogP contribution in [0.15, 0.2) is 396 Å². The molecule has 0 radical (unpaired) electrons. The van der Waals surface area contributed by atoms with Crippen LogP contribution in [0.2, 0.25) is 0 Å². The number of rotatable bonds is 10. The van der Waals surface area contributed by atoms with Gasteiger partial charge in [-0.25, -0.2) is 24.9 Å². The van der Waals surface area contributed by atoms with E-state index in [-0.39, 0.29) is 0 Å². The fourth-order valence-corrected chi connectivity index (χ4v) is 15.2. The van der Waals surface area contributed by atoms with E-state index >= 15 is 0 Å². The van der Waals surface area contributed by atoms with Crippen LogP contribution < -0.4 is 0 Å². The second-order valence-corrected chi connectivity index (χ2v) is 27.4. The molecule has 520 valence electrons. The van der Waals surface area contributed by atoms with Crippen molar-refractivity contribution in [3.05, 3.63) is 383 Å². The second-order valence-electron chi connectivity index (χ2n) is 27.4. The van der Waals surface area contributed by atoms with Gasteiger partial charge >= 0.3 is 0 Å². The van der Waals surface area contributed by atoms with Gasteiger partial charge in [0.2, 0.25) is 0 Å². The van der Waals surface area contributed by atoms with Crippen molar-refractivity contribution in [1.82, 2.24) is 34.9 Å². The molecule has 0 bridgehead atoms. The molecular formula is C101H63N7O3. The van der Waals surface area contributed by atoms with Crippen molar-refractivity contribution in [1.29, 1.82) is 0 Å². The van der Waals surface area contributed by atoms with E-state index in [2.05, 4.69) is 234 Å². The molecule has 22 rings (SSSR count). The van der Waals surface area contributed by atoms with E-state index in [4.69, 9.17) is 38.2 Å². The molecule has 4 aromatic heterocycles. The standard InChI is InChI=1S/C38H24N2O.C32H20N2O.C31H19N3O/c1-3-11-26(12-4-1)33-23-29(24-34(39-33)27-13-5-2-6-14-27)25-19-21-28(22-20-25)38-36-30-15-7-9-17-32(30)40-37(36)31-16-8-10-18-35(31)41-38;1-3-10-28-26(8-1)30-31(34-28)27-9-2-4-11-29(27)35-32(30)23-14-12-21(13-15-23)24-6-5-7-25(20-24)22-16-18-33-19-17-22;1-3-8-27-23(6-1)29-30(34-27)24-7-2-4-11-28(24)35-31(29)22-14-12-20(13-15-22)25-9-5-10-26(33-25)21-16-18-32-19-17-21/h1-24H;1-20H;1-19H. The average Bonchev–Trinajstić information content (AvgIpc) is 1.62. The van der Waals surface area contributed by atoms with Crippen molar-refractivity contribution in [2.45, 2.75) is 0 Å². The zero-order chi connectivity index (χ0) is 73.6. The summed E-state index contributed by atoms with van der Waals surface area (Å²) in [6.07, 6.45) is 7.22. The van der Waals surface area contributed by atoms with Gasteiger partial charge in [-0.3, -0.25) is 9.97 Å². The summed E-state index contributed by atoms with van der Waals surface area (Å²) in [5, 5.41) is 6.40. The van der Waals surface area contributed by atoms with Gasteiger partial charge in [-0.1, -0.05) is 249 Å². The second kappa shape index (κ2) is 28.3. The zero-order valence-electron chi connectivity index (χ0n) is 59.7. The predicted octanol–water partition coefficient (Wildman–Crippen LogP) is 26.5. The molecule has 0 unspecified atom stereocenters. The van der Waals surface area contributed by atoms with Gasteiger partial charge in [0.05, 0.1) is 73.1 Å². The van der Waals surface area contributed by atoms with Crippen molar-refractivity contribution in [2.24, 2.45) is 0 Å². The van der Waals surface area contributed by atoms with Crippen LogP contribution >= 0.6 is 0 Å². The molecule has 0 fully saturated rings. The molecule has 6 aliphatic heterocycles. The van der Waals surface area contributed by atoms with Gasteiger partial charge in [0.1, 0.15) is 34.0 Å². The maximum atomic E-state index is 6.58. The largest absolute Gasteiger partial charge is 0.455 e. The lowest BCUT2D eigenvalue weighted by molar-refractivity contribution is 0.621. The number of aromatic nitrogens is 7. The third-order valence-corrected chi connectivity index (χ3v) is 20.6. The fourth-order valence-electron chi connectivity index (χ4n) is 15.2. The maximum Gasteiger partial charge on any atom is 0.144 e. The Morgan fingerprint density at radius 1 is 0.171 bits per heavy atom. The summed E-state index contributed by atoms with van der Waals surface area (Å²) in [7, 11) is 0. The Kier molecular flexibility index (Phi) is 16.7. The smallest absolute Gasteiger partial charge is 0.144 e. The molecule has 111 heavy (non-hydrogen) atoms. The first-order valence-electron chi connectivity index (χ1n) is 37.0. The first kappa shape index (κ1) is 65.4. The SMILES string of the molecule is c1cc(-c2ccncc2)cc(-c2ccc(-c3oc4ccccc4c4nc5ccccc5c3-4)cc2)c1.c1cc(-c2ccncc2)nc(-c2ccc(-c3oc4ccccc4c4nc5ccccc5c3-4)cc2)c1.c1ccc(-c2cc(-c3ccc(-c4oc5ccccc5c5nc6ccccc6c4-5)cc3)cc(-c3ccccc3)n2)cc1. The monoisotopic (exact) mass is 1420 g/mol. The van der Waals surface area contributed by atoms with Crippen molar-refractivity contribution in [3.63, 3.8) is 0 Å². The molecule has 0 atom stereocenters. The Balaban J connectivity index is 0.000000109. The van der Waals surface area contributed by atoms with Gasteiger partial charge in [-0.15, -0.1) is 0 Å². The summed E-state index contributed by atoms with van der Waals surface area (Å²) in [5.41, 5.74) is 29.5. The number of pyridine rings is 4. The van der Waals surface area contributed by atoms with Crippen molar-refractivity contribution in [2.75, 3.05) is 0 Å². The van der Waals surface area contributed by atoms with Gasteiger partial charge in [0.25, 0.3) is 0 Å². The minimum atomic E-state index is 0.827. The Morgan fingerprint density at radius 3 is 0.856 bits per heavy atom. The molecule has 0 saturated heterocycles. The first-order valence-corrected chi connectivity index (χ1v) is 37.0. The van der Waals surface area contributed by atoms with E-state index in [1.165, 1.54) is 11.1 Å². The Hall–Kier alpha value is -15.1. The maximum absolute atomic E-state index is 6.58. The minimum absolute atomic E-state index is 0.827. The molecular weight excluding hydrogens is 1360 g/mol. The molecule has 16 aromatic rings. The Bertz CT molecular complexity index is 6720. The number of hydrogen-bond donors (Lipinski definition) is 0. The summed E-state index contributed by atoms with van der Waals surface area (Å²) >= 11 is 0. The summed E-state index contributed by atoms with van der Waals surface area (Å²) in [6, 6.07) is 123. The molecule has 0 aliphatic carbocycles. The lowest BCUT2D eigenvalue weighted by Crippen LogP contribution is -1.91.